The highest BCUT2D eigenvalue weighted by atomic mass is 32.2. The molecule has 2 aromatic carbocycles. The quantitative estimate of drug-likeness (QED) is 0.703. The van der Waals surface area contributed by atoms with Crippen LogP contribution in [0, 0.1) is 12.7 Å². The van der Waals surface area contributed by atoms with Gasteiger partial charge in [-0.25, -0.2) is 9.37 Å². The van der Waals surface area contributed by atoms with Gasteiger partial charge in [0.05, 0.1) is 17.2 Å². The van der Waals surface area contributed by atoms with Crippen LogP contribution in [0.3, 0.4) is 0 Å². The second-order valence-corrected chi connectivity index (χ2v) is 6.79. The van der Waals surface area contributed by atoms with Gasteiger partial charge in [-0.3, -0.25) is 4.21 Å². The normalized spacial score (nSPS) is 12.3. The minimum Gasteiger partial charge on any atom is -0.444 e. The average molecular weight is 329 g/mol. The maximum absolute atomic E-state index is 13.6. The predicted octanol–water partition coefficient (Wildman–Crippen LogP) is 4.24. The Morgan fingerprint density at radius 3 is 2.57 bits per heavy atom. The van der Waals surface area contributed by atoms with Gasteiger partial charge in [0.25, 0.3) is 0 Å². The summed E-state index contributed by atoms with van der Waals surface area (Å²) < 4.78 is 31.2. The Morgan fingerprint density at radius 2 is 1.83 bits per heavy atom. The molecular weight excluding hydrogens is 313 g/mol. The zero-order valence-electron chi connectivity index (χ0n) is 12.7. The fourth-order valence-electron chi connectivity index (χ4n) is 2.21. The number of aromatic nitrogens is 1. The summed E-state index contributed by atoms with van der Waals surface area (Å²) >= 11 is 0. The van der Waals surface area contributed by atoms with Gasteiger partial charge in [0.15, 0.2) is 0 Å². The van der Waals surface area contributed by atoms with Crippen molar-refractivity contribution in [3.8, 4) is 11.5 Å². The zero-order chi connectivity index (χ0) is 16.2. The summed E-state index contributed by atoms with van der Waals surface area (Å²) in [5, 5.41) is 0. The monoisotopic (exact) mass is 329 g/mol. The largest absolute Gasteiger partial charge is 0.444 e. The van der Waals surface area contributed by atoms with Crippen molar-refractivity contribution in [1.82, 2.24) is 4.98 Å². The molecule has 0 aliphatic carbocycles. The Balaban J connectivity index is 1.68. The van der Waals surface area contributed by atoms with E-state index in [9.17, 15) is 8.60 Å². The first-order valence-corrected chi connectivity index (χ1v) is 8.70. The van der Waals surface area contributed by atoms with Crippen LogP contribution in [-0.2, 0) is 22.3 Å². The smallest absolute Gasteiger partial charge is 0.226 e. The highest BCUT2D eigenvalue weighted by molar-refractivity contribution is 7.83. The molecule has 1 atom stereocenters. The molecule has 0 amide bonds. The lowest BCUT2D eigenvalue weighted by atomic mass is 10.1. The van der Waals surface area contributed by atoms with Gasteiger partial charge in [0, 0.05) is 21.9 Å². The van der Waals surface area contributed by atoms with Gasteiger partial charge in [-0.05, 0) is 25.1 Å². The molecule has 0 fully saturated rings. The summed E-state index contributed by atoms with van der Waals surface area (Å²) in [5.74, 6) is 0.576. The summed E-state index contributed by atoms with van der Waals surface area (Å²) in [5.41, 5.74) is 3.09. The van der Waals surface area contributed by atoms with Crippen LogP contribution in [0.2, 0.25) is 0 Å². The molecule has 0 saturated carbocycles. The highest BCUT2D eigenvalue weighted by Crippen LogP contribution is 2.20. The summed E-state index contributed by atoms with van der Waals surface area (Å²) in [6.07, 6.45) is 1.51. The van der Waals surface area contributed by atoms with Gasteiger partial charge < -0.3 is 4.42 Å². The van der Waals surface area contributed by atoms with Crippen LogP contribution in [0.1, 0.15) is 16.8 Å². The molecule has 3 nitrogen and oxygen atoms in total. The third kappa shape index (κ3) is 3.93. The summed E-state index contributed by atoms with van der Waals surface area (Å²) in [6, 6.07) is 14.2. The van der Waals surface area contributed by atoms with E-state index in [1.54, 1.807) is 18.2 Å². The number of oxazole rings is 1. The fourth-order valence-corrected chi connectivity index (χ4v) is 3.35. The van der Waals surface area contributed by atoms with Gasteiger partial charge in [-0.2, -0.15) is 0 Å². The van der Waals surface area contributed by atoms with Crippen LogP contribution >= 0.6 is 0 Å². The number of aryl methyl sites for hydroxylation is 1. The molecule has 0 aliphatic rings. The van der Waals surface area contributed by atoms with Crippen molar-refractivity contribution < 1.29 is 13.0 Å². The molecule has 0 aliphatic heterocycles. The molecule has 0 radical (unpaired) electrons. The molecule has 0 N–H and O–H groups in total. The van der Waals surface area contributed by atoms with Crippen molar-refractivity contribution in [2.24, 2.45) is 0 Å². The van der Waals surface area contributed by atoms with E-state index in [4.69, 9.17) is 4.42 Å². The number of nitrogens with zero attached hydrogens (tertiary/aromatic N) is 1. The lowest BCUT2D eigenvalue weighted by Crippen LogP contribution is -2.01. The Kier molecular flexibility index (Phi) is 4.67. The van der Waals surface area contributed by atoms with Crippen LogP contribution in [0.15, 0.2) is 59.2 Å². The lowest BCUT2D eigenvalue weighted by molar-refractivity contribution is 0.573. The van der Waals surface area contributed by atoms with Crippen LogP contribution in [-0.4, -0.2) is 9.19 Å². The highest BCUT2D eigenvalue weighted by Gasteiger charge is 2.11. The number of hydrogen-bond acceptors (Lipinski definition) is 3. The van der Waals surface area contributed by atoms with E-state index in [-0.39, 0.29) is 17.3 Å². The van der Waals surface area contributed by atoms with Crippen LogP contribution in [0.25, 0.3) is 11.5 Å². The molecule has 23 heavy (non-hydrogen) atoms. The van der Waals surface area contributed by atoms with Crippen molar-refractivity contribution in [3.63, 3.8) is 0 Å². The maximum Gasteiger partial charge on any atom is 0.226 e. The minimum atomic E-state index is -1.24. The van der Waals surface area contributed by atoms with E-state index in [2.05, 4.69) is 4.98 Å². The maximum atomic E-state index is 13.6. The number of benzene rings is 2. The topological polar surface area (TPSA) is 43.1 Å². The summed E-state index contributed by atoms with van der Waals surface area (Å²) in [6.45, 7) is 2.01. The molecule has 1 unspecified atom stereocenters. The molecule has 5 heteroatoms. The van der Waals surface area contributed by atoms with Crippen LogP contribution in [0.5, 0.6) is 0 Å². The Hall–Kier alpha value is -2.27. The first kappa shape index (κ1) is 15.6. The minimum absolute atomic E-state index is 0.166. The van der Waals surface area contributed by atoms with E-state index in [0.717, 1.165) is 11.1 Å². The van der Waals surface area contributed by atoms with Crippen LogP contribution < -0.4 is 0 Å². The van der Waals surface area contributed by atoms with Crippen molar-refractivity contribution >= 4 is 10.8 Å². The lowest BCUT2D eigenvalue weighted by Gasteiger charge is -2.02. The van der Waals surface area contributed by atoms with Crippen molar-refractivity contribution in [1.29, 1.82) is 0 Å². The van der Waals surface area contributed by atoms with Gasteiger partial charge in [-0.15, -0.1) is 0 Å². The van der Waals surface area contributed by atoms with Crippen molar-refractivity contribution in [2.45, 2.75) is 18.4 Å². The molecule has 3 rings (SSSR count). The number of rotatable bonds is 5. The Morgan fingerprint density at radius 1 is 1.09 bits per heavy atom. The number of halogens is 1. The summed E-state index contributed by atoms with van der Waals surface area (Å²) in [7, 11) is -1.24. The first-order valence-electron chi connectivity index (χ1n) is 7.21. The van der Waals surface area contributed by atoms with E-state index >= 15 is 0 Å². The Bertz CT molecular complexity index is 827. The standard InChI is InChI=1S/C18H16FNO2S/c1-13-6-8-14(9-7-13)18-20-16(10-22-18)12-23(21)11-15-4-2-3-5-17(15)19/h2-10H,11-12H2,1H3. The van der Waals surface area contributed by atoms with E-state index in [0.29, 0.717) is 17.1 Å². The zero-order valence-corrected chi connectivity index (χ0v) is 13.5. The SMILES string of the molecule is Cc1ccc(-c2nc(CS(=O)Cc3ccccc3F)co2)cc1. The second kappa shape index (κ2) is 6.87. The molecule has 0 spiro atoms. The van der Waals surface area contributed by atoms with Gasteiger partial charge in [-0.1, -0.05) is 35.9 Å². The third-order valence-corrected chi connectivity index (χ3v) is 4.68. The number of hydrogen-bond donors (Lipinski definition) is 0. The van der Waals surface area contributed by atoms with Gasteiger partial charge in [0.1, 0.15) is 12.1 Å². The third-order valence-electron chi connectivity index (χ3n) is 3.43. The molecular formula is C18H16FNO2S. The fraction of sp³-hybridized carbons (Fsp3) is 0.167. The molecule has 1 heterocycles. The van der Waals surface area contributed by atoms with E-state index in [1.807, 2.05) is 31.2 Å². The van der Waals surface area contributed by atoms with Gasteiger partial charge >= 0.3 is 0 Å². The molecule has 3 aromatic rings. The predicted molar refractivity (Wildman–Crippen MR) is 88.6 cm³/mol. The molecule has 118 valence electrons. The summed E-state index contributed by atoms with van der Waals surface area (Å²) in [4.78, 5) is 4.36. The van der Waals surface area contributed by atoms with Crippen molar-refractivity contribution in [2.75, 3.05) is 0 Å². The van der Waals surface area contributed by atoms with Crippen molar-refractivity contribution in [3.05, 3.63) is 77.4 Å². The molecule has 0 bridgehead atoms. The van der Waals surface area contributed by atoms with E-state index < -0.39 is 10.8 Å². The molecule has 1 aromatic heterocycles. The van der Waals surface area contributed by atoms with Crippen LogP contribution in [0.4, 0.5) is 4.39 Å². The average Bonchev–Trinajstić information content (AvgIpc) is 2.98. The van der Waals surface area contributed by atoms with Gasteiger partial charge in [0.2, 0.25) is 5.89 Å². The molecule has 0 saturated heterocycles. The second-order valence-electron chi connectivity index (χ2n) is 5.33. The first-order chi connectivity index (χ1) is 11.1. The van der Waals surface area contributed by atoms with E-state index in [1.165, 1.54) is 12.3 Å². The Labute approximate surface area is 136 Å².